The van der Waals surface area contributed by atoms with Crippen LogP contribution < -0.4 is 4.74 Å². The van der Waals surface area contributed by atoms with E-state index >= 15 is 0 Å². The largest absolute Gasteiger partial charge is 0.481 e. The second-order valence-electron chi connectivity index (χ2n) is 6.88. The van der Waals surface area contributed by atoms with Crippen LogP contribution in [0.25, 0.3) is 10.8 Å². The summed E-state index contributed by atoms with van der Waals surface area (Å²) in [5.41, 5.74) is 0. The highest BCUT2D eigenvalue weighted by atomic mass is 16.5. The number of piperidine rings is 1. The Morgan fingerprint density at radius 3 is 2.44 bits per heavy atom. The lowest BCUT2D eigenvalue weighted by Crippen LogP contribution is -2.46. The van der Waals surface area contributed by atoms with E-state index in [0.717, 1.165) is 10.8 Å². The van der Waals surface area contributed by atoms with Crippen molar-refractivity contribution in [2.45, 2.75) is 39.2 Å². The molecule has 0 aromatic heterocycles. The summed E-state index contributed by atoms with van der Waals surface area (Å²) < 4.78 is 11.1. The summed E-state index contributed by atoms with van der Waals surface area (Å²) in [6.07, 6.45) is 1.39. The Morgan fingerprint density at radius 1 is 1.07 bits per heavy atom. The molecular weight excluding hydrogens is 342 g/mol. The van der Waals surface area contributed by atoms with E-state index in [1.54, 1.807) is 0 Å². The number of ether oxygens (including phenoxy) is 2. The first-order valence-electron chi connectivity index (χ1n) is 9.73. The molecule has 2 aromatic carbocycles. The van der Waals surface area contributed by atoms with E-state index in [0.29, 0.717) is 44.7 Å². The Kier molecular flexibility index (Phi) is 6.32. The zero-order chi connectivity index (χ0) is 19.2. The van der Waals surface area contributed by atoms with Crippen molar-refractivity contribution in [2.75, 3.05) is 19.7 Å². The molecule has 1 heterocycles. The molecule has 0 radical (unpaired) electrons. The number of hydrogen-bond donors (Lipinski definition) is 0. The summed E-state index contributed by atoms with van der Waals surface area (Å²) in [5.74, 6) is 0.447. The van der Waals surface area contributed by atoms with Crippen LogP contribution in [0.5, 0.6) is 5.75 Å². The fourth-order valence-corrected chi connectivity index (χ4v) is 3.51. The lowest BCUT2D eigenvalue weighted by atomic mass is 9.96. The van der Waals surface area contributed by atoms with Gasteiger partial charge in [-0.25, -0.2) is 0 Å². The van der Waals surface area contributed by atoms with E-state index in [4.69, 9.17) is 9.47 Å². The van der Waals surface area contributed by atoms with Crippen LogP contribution in [0.1, 0.15) is 33.1 Å². The normalized spacial score (nSPS) is 16.1. The number of fused-ring (bicyclic) bond motifs is 1. The van der Waals surface area contributed by atoms with Crippen LogP contribution in [0.4, 0.5) is 0 Å². The molecule has 3 rings (SSSR count). The molecule has 1 saturated heterocycles. The molecule has 5 nitrogen and oxygen atoms in total. The second-order valence-corrected chi connectivity index (χ2v) is 6.88. The minimum atomic E-state index is -0.509. The molecule has 0 unspecified atom stereocenters. The standard InChI is InChI=1S/C22H27NO4/c1-3-20(27-19-10-9-16-7-5-6-8-18(16)15-19)21(24)23-13-11-17(12-14-23)22(25)26-4-2/h5-10,15,17,20H,3-4,11-14H2,1-2H3/t20-/m1/s1. The first-order valence-corrected chi connectivity index (χ1v) is 9.73. The van der Waals surface area contributed by atoms with Crippen molar-refractivity contribution < 1.29 is 19.1 Å². The van der Waals surface area contributed by atoms with Crippen LogP contribution in [0.3, 0.4) is 0 Å². The second kappa shape index (κ2) is 8.89. The predicted molar refractivity (Wildman–Crippen MR) is 105 cm³/mol. The molecule has 1 atom stereocenters. The number of likely N-dealkylation sites (tertiary alicyclic amines) is 1. The fourth-order valence-electron chi connectivity index (χ4n) is 3.51. The van der Waals surface area contributed by atoms with Crippen molar-refractivity contribution in [3.63, 3.8) is 0 Å². The minimum Gasteiger partial charge on any atom is -0.481 e. The number of benzene rings is 2. The van der Waals surface area contributed by atoms with Gasteiger partial charge in [0.15, 0.2) is 6.10 Å². The maximum atomic E-state index is 12.9. The molecule has 1 aliphatic rings. The molecule has 5 heteroatoms. The van der Waals surface area contributed by atoms with E-state index in [-0.39, 0.29) is 17.8 Å². The molecule has 0 saturated carbocycles. The van der Waals surface area contributed by atoms with Gasteiger partial charge in [-0.15, -0.1) is 0 Å². The van der Waals surface area contributed by atoms with Crippen molar-refractivity contribution in [3.05, 3.63) is 42.5 Å². The van der Waals surface area contributed by atoms with Crippen molar-refractivity contribution >= 4 is 22.6 Å². The summed E-state index contributed by atoms with van der Waals surface area (Å²) >= 11 is 0. The number of esters is 1. The molecule has 0 N–H and O–H groups in total. The fraction of sp³-hybridized carbons (Fsp3) is 0.455. The molecule has 2 aromatic rings. The van der Waals surface area contributed by atoms with Gasteiger partial charge in [-0.3, -0.25) is 9.59 Å². The van der Waals surface area contributed by atoms with Gasteiger partial charge >= 0.3 is 5.97 Å². The zero-order valence-corrected chi connectivity index (χ0v) is 16.0. The predicted octanol–water partition coefficient (Wildman–Crippen LogP) is 3.80. The summed E-state index contributed by atoms with van der Waals surface area (Å²) in [6, 6.07) is 14.0. The van der Waals surface area contributed by atoms with E-state index in [1.807, 2.05) is 55.1 Å². The van der Waals surface area contributed by atoms with Crippen molar-refractivity contribution in [1.29, 1.82) is 0 Å². The topological polar surface area (TPSA) is 55.8 Å². The lowest BCUT2D eigenvalue weighted by Gasteiger charge is -2.33. The van der Waals surface area contributed by atoms with Gasteiger partial charge in [0.2, 0.25) is 0 Å². The molecular formula is C22H27NO4. The van der Waals surface area contributed by atoms with Crippen LogP contribution in [0, 0.1) is 5.92 Å². The SMILES string of the molecule is CCOC(=O)C1CCN(C(=O)[C@@H](CC)Oc2ccc3ccccc3c2)CC1. The quantitative estimate of drug-likeness (QED) is 0.727. The Morgan fingerprint density at radius 2 is 1.78 bits per heavy atom. The van der Waals surface area contributed by atoms with Gasteiger partial charge in [-0.2, -0.15) is 0 Å². The zero-order valence-electron chi connectivity index (χ0n) is 16.0. The van der Waals surface area contributed by atoms with Gasteiger partial charge < -0.3 is 14.4 Å². The third-order valence-electron chi connectivity index (χ3n) is 5.07. The Hall–Kier alpha value is -2.56. The number of hydrogen-bond acceptors (Lipinski definition) is 4. The molecule has 1 aliphatic heterocycles. The van der Waals surface area contributed by atoms with Crippen LogP contribution >= 0.6 is 0 Å². The van der Waals surface area contributed by atoms with Gasteiger partial charge in [0.05, 0.1) is 12.5 Å². The minimum absolute atomic E-state index is 0.00651. The van der Waals surface area contributed by atoms with Crippen LogP contribution in [0.2, 0.25) is 0 Å². The number of rotatable bonds is 6. The van der Waals surface area contributed by atoms with E-state index < -0.39 is 6.10 Å². The van der Waals surface area contributed by atoms with Gasteiger partial charge in [0.25, 0.3) is 5.91 Å². The third-order valence-corrected chi connectivity index (χ3v) is 5.07. The lowest BCUT2D eigenvalue weighted by molar-refractivity contribution is -0.152. The van der Waals surface area contributed by atoms with Crippen LogP contribution in [-0.4, -0.2) is 42.6 Å². The Balaban J connectivity index is 1.61. The van der Waals surface area contributed by atoms with E-state index in [2.05, 4.69) is 6.07 Å². The monoisotopic (exact) mass is 369 g/mol. The highest BCUT2D eigenvalue weighted by molar-refractivity contribution is 5.84. The number of amides is 1. The molecule has 27 heavy (non-hydrogen) atoms. The highest BCUT2D eigenvalue weighted by Gasteiger charge is 2.31. The number of carbonyl (C=O) groups is 2. The number of nitrogens with zero attached hydrogens (tertiary/aromatic N) is 1. The summed E-state index contributed by atoms with van der Waals surface area (Å²) in [7, 11) is 0. The Bertz CT molecular complexity index is 796. The van der Waals surface area contributed by atoms with Gasteiger partial charge in [-0.1, -0.05) is 37.3 Å². The summed E-state index contributed by atoms with van der Waals surface area (Å²) in [6.45, 7) is 5.30. The summed E-state index contributed by atoms with van der Waals surface area (Å²) in [4.78, 5) is 26.6. The highest BCUT2D eigenvalue weighted by Crippen LogP contribution is 2.24. The average Bonchev–Trinajstić information content (AvgIpc) is 2.71. The molecule has 1 amide bonds. The van der Waals surface area contributed by atoms with E-state index in [1.165, 1.54) is 0 Å². The molecule has 144 valence electrons. The smallest absolute Gasteiger partial charge is 0.309 e. The first-order chi connectivity index (χ1) is 13.1. The molecule has 0 bridgehead atoms. The Labute approximate surface area is 160 Å². The van der Waals surface area contributed by atoms with Gasteiger partial charge in [-0.05, 0) is 49.1 Å². The van der Waals surface area contributed by atoms with Gasteiger partial charge in [0, 0.05) is 13.1 Å². The first kappa shape index (κ1) is 19.2. The van der Waals surface area contributed by atoms with Crippen LogP contribution in [0.15, 0.2) is 42.5 Å². The maximum Gasteiger partial charge on any atom is 0.309 e. The summed E-state index contributed by atoms with van der Waals surface area (Å²) in [5, 5.41) is 2.23. The van der Waals surface area contributed by atoms with Crippen LogP contribution in [-0.2, 0) is 14.3 Å². The molecule has 0 aliphatic carbocycles. The van der Waals surface area contributed by atoms with Crippen molar-refractivity contribution in [1.82, 2.24) is 4.90 Å². The van der Waals surface area contributed by atoms with E-state index in [9.17, 15) is 9.59 Å². The average molecular weight is 369 g/mol. The van der Waals surface area contributed by atoms with Gasteiger partial charge in [0.1, 0.15) is 5.75 Å². The van der Waals surface area contributed by atoms with Crippen molar-refractivity contribution in [2.24, 2.45) is 5.92 Å². The van der Waals surface area contributed by atoms with Crippen molar-refractivity contribution in [3.8, 4) is 5.75 Å². The third kappa shape index (κ3) is 4.59. The number of carbonyl (C=O) groups excluding carboxylic acids is 2. The maximum absolute atomic E-state index is 12.9. The molecule has 0 spiro atoms. The molecule has 1 fully saturated rings.